The smallest absolute Gasteiger partial charge is 0.255 e. The molecular formula is C25H28N2O2. The number of benzene rings is 1. The van der Waals surface area contributed by atoms with Gasteiger partial charge in [0.1, 0.15) is 0 Å². The Kier molecular flexibility index (Phi) is 4.36. The molecule has 0 radical (unpaired) electrons. The largest absolute Gasteiger partial charge is 0.370 e. The van der Waals surface area contributed by atoms with E-state index >= 15 is 0 Å². The SMILES string of the molecule is CC[C@@]12CC[C@]3(CO3)C[C@@H]1CC=Cc1cc(C(=O)Nc3cccnc3C)ccc12. The number of amides is 1. The zero-order valence-corrected chi connectivity index (χ0v) is 17.2. The van der Waals surface area contributed by atoms with Crippen molar-refractivity contribution in [2.45, 2.75) is 57.0 Å². The molecular weight excluding hydrogens is 360 g/mol. The summed E-state index contributed by atoms with van der Waals surface area (Å²) in [6.45, 7) is 5.16. The molecule has 4 nitrogen and oxygen atoms in total. The van der Waals surface area contributed by atoms with Crippen LogP contribution in [0.2, 0.25) is 0 Å². The van der Waals surface area contributed by atoms with Crippen LogP contribution in [0.25, 0.3) is 6.08 Å². The number of anilines is 1. The summed E-state index contributed by atoms with van der Waals surface area (Å²) >= 11 is 0. The molecule has 4 heteroatoms. The van der Waals surface area contributed by atoms with Crippen molar-refractivity contribution in [3.05, 3.63) is 65.0 Å². The van der Waals surface area contributed by atoms with Crippen molar-refractivity contribution in [1.82, 2.24) is 4.98 Å². The van der Waals surface area contributed by atoms with Crippen LogP contribution in [-0.4, -0.2) is 23.1 Å². The maximum absolute atomic E-state index is 12.9. The fourth-order valence-electron chi connectivity index (χ4n) is 5.55. The molecule has 3 atom stereocenters. The number of epoxide rings is 1. The Balaban J connectivity index is 1.47. The molecule has 0 unspecified atom stereocenters. The summed E-state index contributed by atoms with van der Waals surface area (Å²) in [5.41, 5.74) is 5.23. The van der Waals surface area contributed by atoms with Gasteiger partial charge >= 0.3 is 0 Å². The van der Waals surface area contributed by atoms with Crippen LogP contribution < -0.4 is 5.32 Å². The number of nitrogens with zero attached hydrogens (tertiary/aromatic N) is 1. The summed E-state index contributed by atoms with van der Waals surface area (Å²) in [4.78, 5) is 17.1. The van der Waals surface area contributed by atoms with Gasteiger partial charge in [0.2, 0.25) is 0 Å². The fraction of sp³-hybridized carbons (Fsp3) is 0.440. The Morgan fingerprint density at radius 1 is 1.31 bits per heavy atom. The predicted octanol–water partition coefficient (Wildman–Crippen LogP) is 5.28. The highest BCUT2D eigenvalue weighted by Crippen LogP contribution is 2.57. The molecule has 5 rings (SSSR count). The summed E-state index contributed by atoms with van der Waals surface area (Å²) in [7, 11) is 0. The fourth-order valence-corrected chi connectivity index (χ4v) is 5.55. The third-order valence-electron chi connectivity index (χ3n) is 7.43. The third kappa shape index (κ3) is 3.10. The molecule has 2 heterocycles. The van der Waals surface area contributed by atoms with Crippen molar-refractivity contribution < 1.29 is 9.53 Å². The van der Waals surface area contributed by atoms with Crippen LogP contribution in [0.4, 0.5) is 5.69 Å². The minimum absolute atomic E-state index is 0.0855. The normalized spacial score (nSPS) is 29.7. The van der Waals surface area contributed by atoms with Gasteiger partial charge in [0.25, 0.3) is 5.91 Å². The molecule has 2 aromatic rings. The van der Waals surface area contributed by atoms with Crippen LogP contribution in [0.1, 0.15) is 66.2 Å². The van der Waals surface area contributed by atoms with E-state index in [4.69, 9.17) is 4.74 Å². The van der Waals surface area contributed by atoms with Gasteiger partial charge in [-0.3, -0.25) is 9.78 Å². The molecule has 3 aliphatic rings. The van der Waals surface area contributed by atoms with E-state index < -0.39 is 0 Å². The van der Waals surface area contributed by atoms with E-state index in [-0.39, 0.29) is 16.9 Å². The highest BCUT2D eigenvalue weighted by molar-refractivity contribution is 6.05. The van der Waals surface area contributed by atoms with Gasteiger partial charge in [0.15, 0.2) is 0 Å². The van der Waals surface area contributed by atoms with Gasteiger partial charge in [-0.05, 0) is 85.8 Å². The number of hydrogen-bond donors (Lipinski definition) is 1. The van der Waals surface area contributed by atoms with Crippen molar-refractivity contribution in [3.63, 3.8) is 0 Å². The first-order valence-corrected chi connectivity index (χ1v) is 10.7. The Morgan fingerprint density at radius 2 is 2.17 bits per heavy atom. The second-order valence-electron chi connectivity index (χ2n) is 8.91. The molecule has 1 aromatic carbocycles. The highest BCUT2D eigenvalue weighted by Gasteiger charge is 2.55. The van der Waals surface area contributed by atoms with Crippen LogP contribution in [0.15, 0.2) is 42.6 Å². The molecule has 2 aliphatic carbocycles. The zero-order chi connectivity index (χ0) is 20.1. The van der Waals surface area contributed by atoms with Crippen molar-refractivity contribution in [1.29, 1.82) is 0 Å². The zero-order valence-electron chi connectivity index (χ0n) is 17.2. The third-order valence-corrected chi connectivity index (χ3v) is 7.43. The van der Waals surface area contributed by atoms with E-state index in [9.17, 15) is 4.79 Å². The van der Waals surface area contributed by atoms with Crippen molar-refractivity contribution in [3.8, 4) is 0 Å². The minimum atomic E-state index is -0.0855. The maximum atomic E-state index is 12.9. The van der Waals surface area contributed by atoms with Crippen molar-refractivity contribution in [2.75, 3.05) is 11.9 Å². The number of hydrogen-bond acceptors (Lipinski definition) is 3. The van der Waals surface area contributed by atoms with Gasteiger partial charge in [-0.1, -0.05) is 25.1 Å². The van der Waals surface area contributed by atoms with E-state index in [2.05, 4.69) is 41.5 Å². The van der Waals surface area contributed by atoms with Crippen LogP contribution >= 0.6 is 0 Å². The minimum Gasteiger partial charge on any atom is -0.370 e. The average molecular weight is 389 g/mol. The first-order chi connectivity index (χ1) is 14.1. The van der Waals surface area contributed by atoms with Crippen molar-refractivity contribution >= 4 is 17.7 Å². The summed E-state index contributed by atoms with van der Waals surface area (Å²) in [6.07, 6.45) is 12.0. The van der Waals surface area contributed by atoms with Gasteiger partial charge in [-0.25, -0.2) is 0 Å². The van der Waals surface area contributed by atoms with E-state index in [1.54, 1.807) is 6.20 Å². The number of carbonyl (C=O) groups is 1. The quantitative estimate of drug-likeness (QED) is 0.728. The Morgan fingerprint density at radius 3 is 2.93 bits per heavy atom. The summed E-state index contributed by atoms with van der Waals surface area (Å²) < 4.78 is 5.84. The Labute approximate surface area is 172 Å². The molecule has 0 bridgehead atoms. The number of nitrogens with one attached hydrogen (secondary N) is 1. The Hall–Kier alpha value is -2.46. The molecule has 1 amide bonds. The molecule has 150 valence electrons. The van der Waals surface area contributed by atoms with Crippen LogP contribution in [0, 0.1) is 12.8 Å². The predicted molar refractivity (Wildman–Crippen MR) is 115 cm³/mol. The van der Waals surface area contributed by atoms with E-state index in [1.807, 2.05) is 25.1 Å². The monoisotopic (exact) mass is 388 g/mol. The summed E-state index contributed by atoms with van der Waals surface area (Å²) in [5.74, 6) is 0.525. The van der Waals surface area contributed by atoms with Crippen molar-refractivity contribution in [2.24, 2.45) is 5.92 Å². The van der Waals surface area contributed by atoms with Gasteiger partial charge in [-0.2, -0.15) is 0 Å². The topological polar surface area (TPSA) is 54.5 Å². The number of carbonyl (C=O) groups excluding carboxylic acids is 1. The first-order valence-electron chi connectivity index (χ1n) is 10.7. The van der Waals surface area contributed by atoms with Gasteiger partial charge in [0.05, 0.1) is 23.6 Å². The lowest BCUT2D eigenvalue weighted by Crippen LogP contribution is -2.43. The molecule has 29 heavy (non-hydrogen) atoms. The standard InChI is InChI=1S/C25H28N2O2/c1-3-25-12-11-24(16-29-24)15-20(25)7-4-6-18-14-19(9-10-21(18)25)23(28)27-22-8-5-13-26-17(22)2/h4-6,8-10,13-14,20H,3,7,11-12,15-16H2,1-2H3,(H,27,28)/t20-,24+,25+/m0/s1. The number of pyridine rings is 1. The molecule has 1 N–H and O–H groups in total. The number of aryl methyl sites for hydroxylation is 1. The molecule has 1 aliphatic heterocycles. The number of allylic oxidation sites excluding steroid dienone is 1. The first kappa shape index (κ1) is 18.6. The van der Waals surface area contributed by atoms with Crippen LogP contribution in [0.3, 0.4) is 0 Å². The summed E-state index contributed by atoms with van der Waals surface area (Å²) in [6, 6.07) is 9.99. The maximum Gasteiger partial charge on any atom is 0.255 e. The number of ether oxygens (including phenoxy) is 1. The molecule has 1 saturated heterocycles. The second kappa shape index (κ2) is 6.81. The molecule has 1 spiro atoms. The number of fused-ring (bicyclic) bond motifs is 3. The van der Waals surface area contributed by atoms with E-state index in [1.165, 1.54) is 17.5 Å². The van der Waals surface area contributed by atoms with Gasteiger partial charge in [-0.15, -0.1) is 0 Å². The highest BCUT2D eigenvalue weighted by atomic mass is 16.6. The average Bonchev–Trinajstić information content (AvgIpc) is 3.51. The second-order valence-corrected chi connectivity index (χ2v) is 8.91. The molecule has 1 aromatic heterocycles. The van der Waals surface area contributed by atoms with E-state index in [0.717, 1.165) is 43.7 Å². The summed E-state index contributed by atoms with van der Waals surface area (Å²) in [5, 5.41) is 3.01. The van der Waals surface area contributed by atoms with Gasteiger partial charge < -0.3 is 10.1 Å². The lowest BCUT2D eigenvalue weighted by Gasteiger charge is -2.46. The lowest BCUT2D eigenvalue weighted by atomic mass is 9.58. The molecule has 2 fully saturated rings. The molecule has 1 saturated carbocycles. The van der Waals surface area contributed by atoms with Crippen LogP contribution in [-0.2, 0) is 10.2 Å². The van der Waals surface area contributed by atoms with Gasteiger partial charge in [0, 0.05) is 11.8 Å². The Bertz CT molecular complexity index is 992. The number of rotatable bonds is 3. The lowest BCUT2D eigenvalue weighted by molar-refractivity contribution is 0.102. The van der Waals surface area contributed by atoms with E-state index in [0.29, 0.717) is 11.5 Å². The van der Waals surface area contributed by atoms with Crippen LogP contribution in [0.5, 0.6) is 0 Å². The number of aromatic nitrogens is 1.